The summed E-state index contributed by atoms with van der Waals surface area (Å²) >= 11 is 0. The Bertz CT molecular complexity index is 912. The van der Waals surface area contributed by atoms with E-state index in [-0.39, 0.29) is 17.9 Å². The maximum atomic E-state index is 12.2. The van der Waals surface area contributed by atoms with Crippen molar-refractivity contribution in [2.24, 2.45) is 0 Å². The monoisotopic (exact) mass is 365 g/mol. The third-order valence-corrected chi connectivity index (χ3v) is 3.54. The minimum absolute atomic E-state index is 0.0125. The lowest BCUT2D eigenvalue weighted by molar-refractivity contribution is -0.112. The van der Waals surface area contributed by atoms with Gasteiger partial charge in [-0.2, -0.15) is 5.26 Å². The number of ether oxygens (including phenoxy) is 1. The minimum atomic E-state index is -0.625. The van der Waals surface area contributed by atoms with Gasteiger partial charge in [-0.3, -0.25) is 4.79 Å². The Labute approximate surface area is 156 Å². The van der Waals surface area contributed by atoms with Crippen LogP contribution in [-0.2, 0) is 9.53 Å². The zero-order valence-electron chi connectivity index (χ0n) is 14.9. The van der Waals surface area contributed by atoms with Crippen LogP contribution in [0, 0.1) is 18.3 Å². The quantitative estimate of drug-likeness (QED) is 0.313. The first-order chi connectivity index (χ1) is 12.9. The van der Waals surface area contributed by atoms with E-state index >= 15 is 0 Å². The smallest absolute Gasteiger partial charge is 0.338 e. The Hall–Kier alpha value is -3.79. The van der Waals surface area contributed by atoms with Crippen molar-refractivity contribution in [2.45, 2.75) is 13.8 Å². The predicted octanol–water partition coefficient (Wildman–Crippen LogP) is 3.34. The number of esters is 1. The van der Waals surface area contributed by atoms with Gasteiger partial charge in [0.2, 0.25) is 0 Å². The number of nitrogens with one attached hydrogen (secondary N) is 2. The number of amides is 1. The minimum Gasteiger partial charge on any atom is -0.506 e. The van der Waals surface area contributed by atoms with Crippen molar-refractivity contribution >= 4 is 23.3 Å². The fourth-order valence-electron chi connectivity index (χ4n) is 2.16. The summed E-state index contributed by atoms with van der Waals surface area (Å²) in [6.07, 6.45) is 1.21. The van der Waals surface area contributed by atoms with Crippen LogP contribution in [0.2, 0.25) is 0 Å². The summed E-state index contributed by atoms with van der Waals surface area (Å²) in [6.45, 7) is 3.82. The van der Waals surface area contributed by atoms with Gasteiger partial charge in [0.15, 0.2) is 0 Å². The van der Waals surface area contributed by atoms with Crippen LogP contribution in [0.1, 0.15) is 22.8 Å². The Morgan fingerprint density at radius 3 is 2.52 bits per heavy atom. The van der Waals surface area contributed by atoms with E-state index < -0.39 is 11.9 Å². The molecular weight excluding hydrogens is 346 g/mol. The molecular formula is C20H19N3O4. The van der Waals surface area contributed by atoms with E-state index in [9.17, 15) is 20.0 Å². The van der Waals surface area contributed by atoms with E-state index in [1.807, 2.05) is 6.92 Å². The lowest BCUT2D eigenvalue weighted by Crippen LogP contribution is -2.14. The van der Waals surface area contributed by atoms with E-state index in [0.717, 1.165) is 5.56 Å². The first-order valence-corrected chi connectivity index (χ1v) is 8.19. The number of carbonyl (C=O) groups is 2. The first kappa shape index (κ1) is 19.5. The average molecular weight is 365 g/mol. The zero-order chi connectivity index (χ0) is 19.8. The molecule has 2 aromatic rings. The lowest BCUT2D eigenvalue weighted by Gasteiger charge is -2.07. The van der Waals surface area contributed by atoms with E-state index in [1.54, 1.807) is 43.3 Å². The highest BCUT2D eigenvalue weighted by Crippen LogP contribution is 2.24. The fourth-order valence-corrected chi connectivity index (χ4v) is 2.16. The predicted molar refractivity (Wildman–Crippen MR) is 101 cm³/mol. The number of rotatable bonds is 6. The molecule has 27 heavy (non-hydrogen) atoms. The summed E-state index contributed by atoms with van der Waals surface area (Å²) in [5, 5.41) is 24.4. The molecule has 3 N–H and O–H groups in total. The van der Waals surface area contributed by atoms with E-state index in [1.165, 1.54) is 18.3 Å². The normalized spacial score (nSPS) is 10.6. The molecule has 0 aliphatic heterocycles. The number of aromatic hydroxyl groups is 1. The summed E-state index contributed by atoms with van der Waals surface area (Å²) in [6, 6.07) is 12.9. The number of hydrogen-bond acceptors (Lipinski definition) is 6. The number of carbonyl (C=O) groups excluding carboxylic acids is 2. The third-order valence-electron chi connectivity index (χ3n) is 3.54. The first-order valence-electron chi connectivity index (χ1n) is 8.19. The molecule has 0 unspecified atom stereocenters. The Morgan fingerprint density at radius 2 is 1.93 bits per heavy atom. The standard InChI is InChI=1S/C20H19N3O4/c1-3-27-20(26)14-5-7-16(8-6-14)23-19(25)15(11-21)12-22-17-9-4-13(2)10-18(17)24/h4-10,12,22,24H,3H2,1-2H3,(H,23,25)/b15-12-. The molecule has 0 aromatic heterocycles. The van der Waals surface area contributed by atoms with Crippen LogP contribution < -0.4 is 10.6 Å². The highest BCUT2D eigenvalue weighted by molar-refractivity contribution is 6.07. The second-order valence-electron chi connectivity index (χ2n) is 5.59. The molecule has 2 rings (SSSR count). The molecule has 0 fully saturated rings. The second-order valence-corrected chi connectivity index (χ2v) is 5.59. The van der Waals surface area contributed by atoms with Crippen LogP contribution in [-0.4, -0.2) is 23.6 Å². The van der Waals surface area contributed by atoms with Crippen LogP contribution in [0.5, 0.6) is 5.75 Å². The number of phenolic OH excluding ortho intramolecular Hbond substituents is 1. The van der Waals surface area contributed by atoms with Gasteiger partial charge in [-0.25, -0.2) is 4.79 Å². The maximum absolute atomic E-state index is 12.2. The zero-order valence-corrected chi connectivity index (χ0v) is 14.9. The number of nitriles is 1. The molecule has 0 heterocycles. The van der Waals surface area contributed by atoms with Crippen molar-refractivity contribution in [3.05, 3.63) is 65.4 Å². The van der Waals surface area contributed by atoms with Crippen LogP contribution in [0.25, 0.3) is 0 Å². The van der Waals surface area contributed by atoms with Crippen molar-refractivity contribution in [1.29, 1.82) is 5.26 Å². The molecule has 0 radical (unpaired) electrons. The molecule has 1 amide bonds. The SMILES string of the molecule is CCOC(=O)c1ccc(NC(=O)/C(C#N)=C\Nc2ccc(C)cc2O)cc1. The molecule has 0 bridgehead atoms. The molecule has 7 heteroatoms. The topological polar surface area (TPSA) is 111 Å². The summed E-state index contributed by atoms with van der Waals surface area (Å²) in [5.41, 5.74) is 1.87. The number of anilines is 2. The Morgan fingerprint density at radius 1 is 1.22 bits per heavy atom. The number of nitrogens with zero attached hydrogens (tertiary/aromatic N) is 1. The van der Waals surface area contributed by atoms with Crippen LogP contribution >= 0.6 is 0 Å². The average Bonchev–Trinajstić information content (AvgIpc) is 2.64. The highest BCUT2D eigenvalue weighted by atomic mass is 16.5. The molecule has 0 spiro atoms. The van der Waals surface area contributed by atoms with Crippen LogP contribution in [0.3, 0.4) is 0 Å². The van der Waals surface area contributed by atoms with Crippen molar-refractivity contribution in [3.63, 3.8) is 0 Å². The molecule has 0 saturated heterocycles. The number of aryl methyl sites for hydroxylation is 1. The van der Waals surface area contributed by atoms with E-state index in [4.69, 9.17) is 4.74 Å². The molecule has 7 nitrogen and oxygen atoms in total. The van der Waals surface area contributed by atoms with E-state index in [0.29, 0.717) is 16.9 Å². The summed E-state index contributed by atoms with van der Waals surface area (Å²) in [7, 11) is 0. The van der Waals surface area contributed by atoms with Gasteiger partial charge in [0.05, 0.1) is 17.9 Å². The van der Waals surface area contributed by atoms with Crippen LogP contribution in [0.15, 0.2) is 54.2 Å². The number of benzene rings is 2. The number of phenols is 1. The van der Waals surface area contributed by atoms with Crippen molar-refractivity contribution in [1.82, 2.24) is 0 Å². The highest BCUT2D eigenvalue weighted by Gasteiger charge is 2.11. The second kappa shape index (κ2) is 9.06. The molecule has 0 saturated carbocycles. The molecule has 0 atom stereocenters. The molecule has 0 aliphatic rings. The Kier molecular flexibility index (Phi) is 6.55. The molecule has 0 aliphatic carbocycles. The van der Waals surface area contributed by atoms with Gasteiger partial charge in [-0.05, 0) is 55.8 Å². The molecule has 2 aromatic carbocycles. The van der Waals surface area contributed by atoms with Gasteiger partial charge in [-0.1, -0.05) is 6.07 Å². The third kappa shape index (κ3) is 5.34. The summed E-state index contributed by atoms with van der Waals surface area (Å²) in [4.78, 5) is 23.8. The van der Waals surface area contributed by atoms with Crippen molar-refractivity contribution in [2.75, 3.05) is 17.2 Å². The van der Waals surface area contributed by atoms with Gasteiger partial charge in [0.25, 0.3) is 5.91 Å². The van der Waals surface area contributed by atoms with Gasteiger partial charge in [-0.15, -0.1) is 0 Å². The van der Waals surface area contributed by atoms with Gasteiger partial charge in [0.1, 0.15) is 17.4 Å². The maximum Gasteiger partial charge on any atom is 0.338 e. The van der Waals surface area contributed by atoms with E-state index in [2.05, 4.69) is 10.6 Å². The lowest BCUT2D eigenvalue weighted by atomic mass is 10.2. The van der Waals surface area contributed by atoms with Gasteiger partial charge >= 0.3 is 5.97 Å². The molecule has 138 valence electrons. The summed E-state index contributed by atoms with van der Waals surface area (Å²) < 4.78 is 4.89. The summed E-state index contributed by atoms with van der Waals surface area (Å²) in [5.74, 6) is -1.06. The fraction of sp³-hybridized carbons (Fsp3) is 0.150. The Balaban J connectivity index is 2.06. The van der Waals surface area contributed by atoms with Crippen molar-refractivity contribution in [3.8, 4) is 11.8 Å². The van der Waals surface area contributed by atoms with Gasteiger partial charge < -0.3 is 20.5 Å². The van der Waals surface area contributed by atoms with Crippen molar-refractivity contribution < 1.29 is 19.4 Å². The number of hydrogen-bond donors (Lipinski definition) is 3. The van der Waals surface area contributed by atoms with Gasteiger partial charge in [0, 0.05) is 11.9 Å². The largest absolute Gasteiger partial charge is 0.506 e. The van der Waals surface area contributed by atoms with Crippen LogP contribution in [0.4, 0.5) is 11.4 Å².